The molecule has 0 N–H and O–H groups in total. The maximum absolute atomic E-state index is 11.3. The molecule has 1 aromatic carbocycles. The summed E-state index contributed by atoms with van der Waals surface area (Å²) >= 11 is 0. The van der Waals surface area contributed by atoms with Gasteiger partial charge >= 0.3 is 0 Å². The zero-order chi connectivity index (χ0) is 10.7. The molecule has 14 heavy (non-hydrogen) atoms. The Morgan fingerprint density at radius 1 is 1.29 bits per heavy atom. The Labute approximate surface area is 84.9 Å². The second kappa shape index (κ2) is 4.09. The maximum Gasteiger partial charge on any atom is 0.250 e. The molecule has 0 atom stereocenters. The normalized spacial score (nSPS) is 9.64. The number of aryl methyl sites for hydroxylation is 2. The Balaban J connectivity index is 3.06. The van der Waals surface area contributed by atoms with Crippen LogP contribution in [-0.2, 0) is 4.79 Å². The summed E-state index contributed by atoms with van der Waals surface area (Å²) in [6, 6.07) is 6.04. The van der Waals surface area contributed by atoms with Crippen LogP contribution in [-0.4, -0.2) is 13.0 Å². The predicted octanol–water partition coefficient (Wildman–Crippen LogP) is 2.45. The number of anilines is 1. The number of hydrogen-bond acceptors (Lipinski definition) is 1. The number of benzene rings is 1. The van der Waals surface area contributed by atoms with Gasteiger partial charge < -0.3 is 4.90 Å². The number of amides is 1. The zero-order valence-corrected chi connectivity index (χ0v) is 8.87. The van der Waals surface area contributed by atoms with Gasteiger partial charge in [0.15, 0.2) is 0 Å². The van der Waals surface area contributed by atoms with Crippen molar-refractivity contribution in [2.24, 2.45) is 0 Å². The van der Waals surface area contributed by atoms with Crippen molar-refractivity contribution < 1.29 is 4.79 Å². The van der Waals surface area contributed by atoms with Gasteiger partial charge in [-0.3, -0.25) is 4.79 Å². The van der Waals surface area contributed by atoms with Crippen molar-refractivity contribution in [3.63, 3.8) is 0 Å². The van der Waals surface area contributed by atoms with E-state index >= 15 is 0 Å². The molecule has 1 rings (SSSR count). The molecule has 0 fully saturated rings. The lowest BCUT2D eigenvalue weighted by Crippen LogP contribution is -2.23. The molecule has 0 unspecified atom stereocenters. The summed E-state index contributed by atoms with van der Waals surface area (Å²) in [6.07, 6.45) is 1.32. The van der Waals surface area contributed by atoms with Crippen molar-refractivity contribution >= 4 is 11.6 Å². The minimum absolute atomic E-state index is 0.0880. The third kappa shape index (κ3) is 2.22. The zero-order valence-electron chi connectivity index (χ0n) is 8.87. The van der Waals surface area contributed by atoms with Crippen LogP contribution >= 0.6 is 0 Å². The van der Waals surface area contributed by atoms with Gasteiger partial charge in [0.1, 0.15) is 0 Å². The lowest BCUT2D eigenvalue weighted by Gasteiger charge is -2.16. The van der Waals surface area contributed by atoms with Crippen molar-refractivity contribution in [2.45, 2.75) is 13.8 Å². The van der Waals surface area contributed by atoms with Crippen LogP contribution in [0.5, 0.6) is 0 Å². The quantitative estimate of drug-likeness (QED) is 0.654. The monoisotopic (exact) mass is 189 g/mol. The largest absolute Gasteiger partial charge is 0.312 e. The summed E-state index contributed by atoms with van der Waals surface area (Å²) in [6.45, 7) is 7.49. The maximum atomic E-state index is 11.3. The number of rotatable bonds is 2. The fourth-order valence-corrected chi connectivity index (χ4v) is 1.41. The van der Waals surface area contributed by atoms with Gasteiger partial charge in [-0.1, -0.05) is 12.6 Å². The van der Waals surface area contributed by atoms with Crippen LogP contribution < -0.4 is 4.90 Å². The van der Waals surface area contributed by atoms with Gasteiger partial charge in [-0.2, -0.15) is 0 Å². The first-order valence-corrected chi connectivity index (χ1v) is 4.53. The van der Waals surface area contributed by atoms with Crippen molar-refractivity contribution in [3.8, 4) is 0 Å². The molecule has 1 amide bonds. The molecule has 0 aliphatic rings. The van der Waals surface area contributed by atoms with E-state index in [9.17, 15) is 4.79 Å². The van der Waals surface area contributed by atoms with Crippen LogP contribution in [0, 0.1) is 13.8 Å². The summed E-state index contributed by atoms with van der Waals surface area (Å²) in [5.41, 5.74) is 3.22. The summed E-state index contributed by atoms with van der Waals surface area (Å²) in [5, 5.41) is 0. The molecule has 0 heterocycles. The summed E-state index contributed by atoms with van der Waals surface area (Å²) < 4.78 is 0. The highest BCUT2D eigenvalue weighted by Crippen LogP contribution is 2.17. The molecule has 74 valence electrons. The van der Waals surface area contributed by atoms with E-state index < -0.39 is 0 Å². The van der Waals surface area contributed by atoms with E-state index in [-0.39, 0.29) is 5.91 Å². The van der Waals surface area contributed by atoms with Crippen LogP contribution in [0.2, 0.25) is 0 Å². The van der Waals surface area contributed by atoms with Crippen LogP contribution in [0.3, 0.4) is 0 Å². The lowest BCUT2D eigenvalue weighted by molar-refractivity contribution is -0.113. The number of likely N-dealkylation sites (N-methyl/N-ethyl adjacent to an activating group) is 1. The van der Waals surface area contributed by atoms with Gasteiger partial charge in [0, 0.05) is 12.7 Å². The van der Waals surface area contributed by atoms with E-state index in [4.69, 9.17) is 0 Å². The third-order valence-electron chi connectivity index (χ3n) is 2.10. The summed E-state index contributed by atoms with van der Waals surface area (Å²) in [4.78, 5) is 12.9. The van der Waals surface area contributed by atoms with Crippen LogP contribution in [0.1, 0.15) is 11.1 Å². The Morgan fingerprint density at radius 3 is 2.21 bits per heavy atom. The van der Waals surface area contributed by atoms with Crippen molar-refractivity contribution in [3.05, 3.63) is 42.0 Å². The average Bonchev–Trinajstić information content (AvgIpc) is 2.14. The van der Waals surface area contributed by atoms with Crippen molar-refractivity contribution in [1.29, 1.82) is 0 Å². The van der Waals surface area contributed by atoms with E-state index in [0.717, 1.165) is 16.8 Å². The standard InChI is InChI=1S/C12H15NO/c1-5-12(14)13(4)11-7-9(2)6-10(3)8-11/h5-8H,1H2,2-4H3. The first kappa shape index (κ1) is 10.5. The molecular formula is C12H15NO. The lowest BCUT2D eigenvalue weighted by atomic mass is 10.1. The van der Waals surface area contributed by atoms with Crippen molar-refractivity contribution in [2.75, 3.05) is 11.9 Å². The highest BCUT2D eigenvalue weighted by molar-refractivity contribution is 6.00. The Bertz CT molecular complexity index is 348. The van der Waals surface area contributed by atoms with Crippen LogP contribution in [0.25, 0.3) is 0 Å². The molecule has 0 saturated carbocycles. The number of carbonyl (C=O) groups excluding carboxylic acids is 1. The van der Waals surface area contributed by atoms with E-state index in [1.54, 1.807) is 11.9 Å². The molecule has 0 aliphatic heterocycles. The van der Waals surface area contributed by atoms with Gasteiger partial charge in [-0.05, 0) is 43.2 Å². The molecule has 0 spiro atoms. The Morgan fingerprint density at radius 2 is 1.79 bits per heavy atom. The summed E-state index contributed by atoms with van der Waals surface area (Å²) in [5.74, 6) is -0.0880. The number of carbonyl (C=O) groups is 1. The minimum Gasteiger partial charge on any atom is -0.312 e. The topological polar surface area (TPSA) is 20.3 Å². The Hall–Kier alpha value is -1.57. The van der Waals surface area contributed by atoms with E-state index in [1.807, 2.05) is 26.0 Å². The molecule has 2 nitrogen and oxygen atoms in total. The summed E-state index contributed by atoms with van der Waals surface area (Å²) in [7, 11) is 1.75. The smallest absolute Gasteiger partial charge is 0.250 e. The second-order valence-electron chi connectivity index (χ2n) is 3.45. The van der Waals surface area contributed by atoms with Gasteiger partial charge in [0.2, 0.25) is 5.91 Å². The van der Waals surface area contributed by atoms with Crippen molar-refractivity contribution in [1.82, 2.24) is 0 Å². The van der Waals surface area contributed by atoms with Gasteiger partial charge in [-0.25, -0.2) is 0 Å². The molecule has 2 heteroatoms. The first-order chi connectivity index (χ1) is 6.54. The van der Waals surface area contributed by atoms with E-state index in [0.29, 0.717) is 0 Å². The molecule has 0 aromatic heterocycles. The molecule has 1 aromatic rings. The first-order valence-electron chi connectivity index (χ1n) is 4.53. The molecule has 0 bridgehead atoms. The fourth-order valence-electron chi connectivity index (χ4n) is 1.41. The predicted molar refractivity (Wildman–Crippen MR) is 59.5 cm³/mol. The molecule has 0 saturated heterocycles. The fraction of sp³-hybridized carbons (Fsp3) is 0.250. The second-order valence-corrected chi connectivity index (χ2v) is 3.45. The minimum atomic E-state index is -0.0880. The number of nitrogens with zero attached hydrogens (tertiary/aromatic N) is 1. The van der Waals surface area contributed by atoms with Gasteiger partial charge in [-0.15, -0.1) is 0 Å². The van der Waals surface area contributed by atoms with Crippen LogP contribution in [0.4, 0.5) is 5.69 Å². The van der Waals surface area contributed by atoms with Gasteiger partial charge in [0.05, 0.1) is 0 Å². The average molecular weight is 189 g/mol. The van der Waals surface area contributed by atoms with E-state index in [2.05, 4.69) is 12.6 Å². The third-order valence-corrected chi connectivity index (χ3v) is 2.10. The molecule has 0 radical (unpaired) electrons. The number of hydrogen-bond donors (Lipinski definition) is 0. The van der Waals surface area contributed by atoms with E-state index in [1.165, 1.54) is 6.08 Å². The highest BCUT2D eigenvalue weighted by atomic mass is 16.2. The SMILES string of the molecule is C=CC(=O)N(C)c1cc(C)cc(C)c1. The van der Waals surface area contributed by atoms with Crippen LogP contribution in [0.15, 0.2) is 30.9 Å². The Kier molecular flexibility index (Phi) is 3.07. The molecular weight excluding hydrogens is 174 g/mol. The van der Waals surface area contributed by atoms with Gasteiger partial charge in [0.25, 0.3) is 0 Å². The molecule has 0 aliphatic carbocycles. The highest BCUT2D eigenvalue weighted by Gasteiger charge is 2.07.